The van der Waals surface area contributed by atoms with E-state index in [4.69, 9.17) is 0 Å². The van der Waals surface area contributed by atoms with Crippen molar-refractivity contribution < 1.29 is 4.79 Å². The number of hydrogen-bond acceptors (Lipinski definition) is 2. The lowest BCUT2D eigenvalue weighted by atomic mass is 10.2. The van der Waals surface area contributed by atoms with Crippen molar-refractivity contribution in [1.29, 1.82) is 0 Å². The van der Waals surface area contributed by atoms with Crippen LogP contribution in [0.15, 0.2) is 35.1 Å². The quantitative estimate of drug-likeness (QED) is 0.735. The Bertz CT molecular complexity index is 572. The van der Waals surface area contributed by atoms with Gasteiger partial charge in [0.15, 0.2) is 0 Å². The van der Waals surface area contributed by atoms with E-state index in [0.717, 1.165) is 5.39 Å². The molecule has 0 radical (unpaired) electrons. The van der Waals surface area contributed by atoms with Crippen LogP contribution < -0.4 is 10.9 Å². The molecule has 2 N–H and O–H groups in total. The van der Waals surface area contributed by atoms with Gasteiger partial charge in [-0.25, -0.2) is 0 Å². The summed E-state index contributed by atoms with van der Waals surface area (Å²) in [5, 5.41) is 3.59. The fourth-order valence-electron chi connectivity index (χ4n) is 1.43. The molecule has 0 saturated heterocycles. The van der Waals surface area contributed by atoms with Crippen LogP contribution >= 0.6 is 0 Å². The van der Waals surface area contributed by atoms with Crippen molar-refractivity contribution in [2.24, 2.45) is 0 Å². The van der Waals surface area contributed by atoms with Gasteiger partial charge in [-0.3, -0.25) is 9.59 Å². The topological polar surface area (TPSA) is 62.0 Å². The molecule has 0 aliphatic heterocycles. The van der Waals surface area contributed by atoms with Gasteiger partial charge < -0.3 is 10.3 Å². The lowest BCUT2D eigenvalue weighted by molar-refractivity contribution is -0.114. The number of fused-ring (bicyclic) bond motifs is 1. The Morgan fingerprint density at radius 3 is 2.73 bits per heavy atom. The van der Waals surface area contributed by atoms with Gasteiger partial charge in [-0.2, -0.15) is 0 Å². The van der Waals surface area contributed by atoms with Crippen molar-refractivity contribution in [1.82, 2.24) is 4.98 Å². The van der Waals surface area contributed by atoms with E-state index in [1.165, 1.54) is 13.0 Å². The number of pyridine rings is 1. The molecular weight excluding hydrogens is 192 g/mol. The molecule has 15 heavy (non-hydrogen) atoms. The van der Waals surface area contributed by atoms with Crippen molar-refractivity contribution >= 4 is 22.5 Å². The van der Waals surface area contributed by atoms with Crippen LogP contribution in [-0.4, -0.2) is 10.9 Å². The van der Waals surface area contributed by atoms with Gasteiger partial charge in [-0.1, -0.05) is 6.07 Å². The molecule has 1 aromatic carbocycles. The van der Waals surface area contributed by atoms with Crippen molar-refractivity contribution in [3.05, 3.63) is 40.7 Å². The predicted molar refractivity (Wildman–Crippen MR) is 58.9 cm³/mol. The highest BCUT2D eigenvalue weighted by molar-refractivity contribution is 5.91. The maximum Gasteiger partial charge on any atom is 0.248 e. The highest BCUT2D eigenvalue weighted by Gasteiger charge is 1.98. The molecule has 1 aromatic heterocycles. The maximum atomic E-state index is 11.1. The molecule has 0 unspecified atom stereocenters. The summed E-state index contributed by atoms with van der Waals surface area (Å²) >= 11 is 0. The second kappa shape index (κ2) is 3.57. The van der Waals surface area contributed by atoms with Crippen LogP contribution in [0.5, 0.6) is 0 Å². The molecule has 0 saturated carbocycles. The Morgan fingerprint density at radius 1 is 1.27 bits per heavy atom. The monoisotopic (exact) mass is 202 g/mol. The molecule has 1 amide bonds. The van der Waals surface area contributed by atoms with Gasteiger partial charge in [0.05, 0.1) is 5.52 Å². The minimum atomic E-state index is -0.150. The zero-order valence-electron chi connectivity index (χ0n) is 8.20. The van der Waals surface area contributed by atoms with E-state index in [-0.39, 0.29) is 11.5 Å². The average molecular weight is 202 g/mol. The normalized spacial score (nSPS) is 10.2. The third-order valence-corrected chi connectivity index (χ3v) is 2.05. The lowest BCUT2D eigenvalue weighted by Gasteiger charge is -2.03. The third kappa shape index (κ3) is 2.04. The number of rotatable bonds is 1. The SMILES string of the molecule is CC(=O)Nc1ccc2ccc(=O)[nH]c2c1. The first-order chi connectivity index (χ1) is 7.15. The number of nitrogens with one attached hydrogen (secondary N) is 2. The fourth-order valence-corrected chi connectivity index (χ4v) is 1.43. The number of aromatic nitrogens is 1. The first-order valence-corrected chi connectivity index (χ1v) is 4.56. The average Bonchev–Trinajstić information content (AvgIpc) is 2.16. The minimum absolute atomic E-state index is 0.132. The van der Waals surface area contributed by atoms with Gasteiger partial charge in [0.25, 0.3) is 0 Å². The van der Waals surface area contributed by atoms with E-state index < -0.39 is 0 Å². The summed E-state index contributed by atoms with van der Waals surface area (Å²) in [7, 11) is 0. The standard InChI is InChI=1S/C11H10N2O2/c1-7(14)12-9-4-2-8-3-5-11(15)13-10(8)6-9/h2-6H,1H3,(H,12,14)(H,13,15). The van der Waals surface area contributed by atoms with Gasteiger partial charge in [-0.05, 0) is 23.6 Å². The summed E-state index contributed by atoms with van der Waals surface area (Å²) in [6.07, 6.45) is 0. The molecule has 0 bridgehead atoms. The van der Waals surface area contributed by atoms with E-state index in [0.29, 0.717) is 11.2 Å². The van der Waals surface area contributed by atoms with Crippen molar-refractivity contribution in [3.8, 4) is 0 Å². The Labute approximate surface area is 85.9 Å². The van der Waals surface area contributed by atoms with Crippen LogP contribution in [0.25, 0.3) is 10.9 Å². The van der Waals surface area contributed by atoms with Crippen LogP contribution in [0.2, 0.25) is 0 Å². The van der Waals surface area contributed by atoms with Gasteiger partial charge in [0, 0.05) is 18.7 Å². The number of carbonyl (C=O) groups excluding carboxylic acids is 1. The number of H-pyrrole nitrogens is 1. The molecule has 4 heteroatoms. The molecular formula is C11H10N2O2. The van der Waals surface area contributed by atoms with E-state index in [1.54, 1.807) is 18.2 Å². The number of amides is 1. The van der Waals surface area contributed by atoms with Crippen LogP contribution in [-0.2, 0) is 4.79 Å². The minimum Gasteiger partial charge on any atom is -0.326 e. The van der Waals surface area contributed by atoms with Crippen LogP contribution in [0.3, 0.4) is 0 Å². The molecule has 0 fully saturated rings. The number of benzene rings is 1. The second-order valence-electron chi connectivity index (χ2n) is 3.31. The van der Waals surface area contributed by atoms with Gasteiger partial charge in [0.2, 0.25) is 11.5 Å². The predicted octanol–water partition coefficient (Wildman–Crippen LogP) is 1.49. The number of aromatic amines is 1. The summed E-state index contributed by atoms with van der Waals surface area (Å²) in [4.78, 5) is 24.6. The van der Waals surface area contributed by atoms with Crippen LogP contribution in [0.4, 0.5) is 5.69 Å². The molecule has 0 aliphatic carbocycles. The maximum absolute atomic E-state index is 11.1. The van der Waals surface area contributed by atoms with Gasteiger partial charge in [0.1, 0.15) is 0 Å². The molecule has 0 aliphatic rings. The Hall–Kier alpha value is -2.10. The zero-order valence-corrected chi connectivity index (χ0v) is 8.20. The van der Waals surface area contributed by atoms with E-state index in [9.17, 15) is 9.59 Å². The second-order valence-corrected chi connectivity index (χ2v) is 3.31. The van der Waals surface area contributed by atoms with Crippen molar-refractivity contribution in [3.63, 3.8) is 0 Å². The number of carbonyl (C=O) groups is 1. The Morgan fingerprint density at radius 2 is 2.00 bits per heavy atom. The number of hydrogen-bond donors (Lipinski definition) is 2. The van der Waals surface area contributed by atoms with E-state index in [2.05, 4.69) is 10.3 Å². The van der Waals surface area contributed by atoms with E-state index in [1.807, 2.05) is 6.07 Å². The zero-order chi connectivity index (χ0) is 10.8. The lowest BCUT2D eigenvalue weighted by Crippen LogP contribution is -2.06. The largest absolute Gasteiger partial charge is 0.326 e. The molecule has 2 aromatic rings. The highest BCUT2D eigenvalue weighted by atomic mass is 16.1. The first kappa shape index (κ1) is 9.45. The number of anilines is 1. The fraction of sp³-hybridized carbons (Fsp3) is 0.0909. The van der Waals surface area contributed by atoms with Crippen LogP contribution in [0, 0.1) is 0 Å². The molecule has 76 valence electrons. The van der Waals surface area contributed by atoms with Crippen molar-refractivity contribution in [2.45, 2.75) is 6.92 Å². The molecule has 4 nitrogen and oxygen atoms in total. The molecule has 2 rings (SSSR count). The van der Waals surface area contributed by atoms with Gasteiger partial charge >= 0.3 is 0 Å². The first-order valence-electron chi connectivity index (χ1n) is 4.56. The van der Waals surface area contributed by atoms with Gasteiger partial charge in [-0.15, -0.1) is 0 Å². The van der Waals surface area contributed by atoms with E-state index >= 15 is 0 Å². The van der Waals surface area contributed by atoms with Crippen LogP contribution in [0.1, 0.15) is 6.92 Å². The molecule has 0 atom stereocenters. The summed E-state index contributed by atoms with van der Waals surface area (Å²) in [5.74, 6) is -0.132. The highest BCUT2D eigenvalue weighted by Crippen LogP contribution is 2.15. The third-order valence-electron chi connectivity index (χ3n) is 2.05. The molecule has 0 spiro atoms. The van der Waals surface area contributed by atoms with Crippen molar-refractivity contribution in [2.75, 3.05) is 5.32 Å². The Balaban J connectivity index is 2.54. The summed E-state index contributed by atoms with van der Waals surface area (Å²) in [6, 6.07) is 8.59. The summed E-state index contributed by atoms with van der Waals surface area (Å²) in [6.45, 7) is 1.44. The summed E-state index contributed by atoms with van der Waals surface area (Å²) < 4.78 is 0. The smallest absolute Gasteiger partial charge is 0.248 e. The molecule has 1 heterocycles. The summed E-state index contributed by atoms with van der Waals surface area (Å²) in [5.41, 5.74) is 1.24. The Kier molecular flexibility index (Phi) is 2.25.